The van der Waals surface area contributed by atoms with Crippen molar-refractivity contribution >= 4 is 23.2 Å². The van der Waals surface area contributed by atoms with Crippen LogP contribution in [-0.2, 0) is 0 Å². The Morgan fingerprint density at radius 3 is 2.38 bits per heavy atom. The number of carbonyl (C=O) groups excluding carboxylic acids is 1. The highest BCUT2D eigenvalue weighted by atomic mass is 35.5. The summed E-state index contributed by atoms with van der Waals surface area (Å²) in [6, 6.07) is 10.7. The van der Waals surface area contributed by atoms with Gasteiger partial charge in [0.2, 0.25) is 0 Å². The maximum Gasteiger partial charge on any atom is 0.254 e. The highest BCUT2D eigenvalue weighted by Crippen LogP contribution is 2.19. The van der Waals surface area contributed by atoms with Crippen molar-refractivity contribution in [1.82, 2.24) is 10.2 Å². The maximum absolute atomic E-state index is 13.6. The van der Waals surface area contributed by atoms with E-state index in [0.717, 1.165) is 49.0 Å². The summed E-state index contributed by atoms with van der Waals surface area (Å²) in [6.07, 6.45) is 0. The van der Waals surface area contributed by atoms with E-state index in [1.165, 1.54) is 0 Å². The maximum atomic E-state index is 13.6. The molecule has 0 radical (unpaired) electrons. The van der Waals surface area contributed by atoms with Crippen LogP contribution in [0.3, 0.4) is 0 Å². The Hall–Kier alpha value is -2.18. The zero-order valence-corrected chi connectivity index (χ0v) is 15.0. The minimum Gasteiger partial charge on any atom is -0.369 e. The molecule has 2 aromatic carbocycles. The molecule has 1 N–H and O–H groups in total. The predicted octanol–water partition coefficient (Wildman–Crippen LogP) is 3.17. The number of amides is 1. The minimum atomic E-state index is -0.848. The lowest BCUT2D eigenvalue weighted by Gasteiger charge is -2.36. The minimum absolute atomic E-state index is 0.140. The topological polar surface area (TPSA) is 35.6 Å². The van der Waals surface area contributed by atoms with Crippen LogP contribution in [0.2, 0.25) is 5.02 Å². The standard InChI is InChI=1S/C19H20ClF2N3O/c20-14-1-4-16(5-2-14)25-11-9-24(10-12-25)8-7-23-19(26)17-6-3-15(21)13-18(17)22/h1-6,13H,7-12H2,(H,23,26). The molecule has 138 valence electrons. The third kappa shape index (κ3) is 4.71. The summed E-state index contributed by atoms with van der Waals surface area (Å²) in [5.74, 6) is -2.07. The number of anilines is 1. The molecule has 1 aliphatic rings. The number of carbonyl (C=O) groups is 1. The van der Waals surface area contributed by atoms with Crippen molar-refractivity contribution in [2.45, 2.75) is 0 Å². The quantitative estimate of drug-likeness (QED) is 0.866. The Morgan fingerprint density at radius 2 is 1.73 bits per heavy atom. The van der Waals surface area contributed by atoms with Crippen LogP contribution >= 0.6 is 11.6 Å². The second-order valence-corrected chi connectivity index (χ2v) is 6.62. The van der Waals surface area contributed by atoms with E-state index in [9.17, 15) is 13.6 Å². The van der Waals surface area contributed by atoms with Crippen LogP contribution in [0.4, 0.5) is 14.5 Å². The average Bonchev–Trinajstić information content (AvgIpc) is 2.63. The summed E-state index contributed by atoms with van der Waals surface area (Å²) in [5.41, 5.74) is 1.01. The molecule has 0 spiro atoms. The van der Waals surface area contributed by atoms with Gasteiger partial charge in [0.15, 0.2) is 0 Å². The molecule has 7 heteroatoms. The van der Waals surface area contributed by atoms with Crippen molar-refractivity contribution in [2.24, 2.45) is 0 Å². The Morgan fingerprint density at radius 1 is 1.04 bits per heavy atom. The van der Waals surface area contributed by atoms with Crippen molar-refractivity contribution in [3.63, 3.8) is 0 Å². The number of piperazine rings is 1. The molecule has 1 amide bonds. The van der Waals surface area contributed by atoms with E-state index in [1.54, 1.807) is 0 Å². The molecule has 3 rings (SSSR count). The summed E-state index contributed by atoms with van der Waals surface area (Å²) in [5, 5.41) is 3.41. The van der Waals surface area contributed by atoms with E-state index in [2.05, 4.69) is 15.1 Å². The first kappa shape index (κ1) is 18.6. The molecule has 1 heterocycles. The first-order chi connectivity index (χ1) is 12.5. The van der Waals surface area contributed by atoms with Gasteiger partial charge in [-0.25, -0.2) is 8.78 Å². The van der Waals surface area contributed by atoms with Gasteiger partial charge in [-0.1, -0.05) is 11.6 Å². The Kier molecular flexibility index (Phi) is 6.06. The van der Waals surface area contributed by atoms with Crippen LogP contribution in [0.5, 0.6) is 0 Å². The van der Waals surface area contributed by atoms with Crippen LogP contribution in [0.15, 0.2) is 42.5 Å². The summed E-state index contributed by atoms with van der Waals surface area (Å²) in [4.78, 5) is 16.5. The van der Waals surface area contributed by atoms with Gasteiger partial charge in [-0.05, 0) is 36.4 Å². The fourth-order valence-corrected chi connectivity index (χ4v) is 3.10. The van der Waals surface area contributed by atoms with E-state index in [-0.39, 0.29) is 5.56 Å². The van der Waals surface area contributed by atoms with Gasteiger partial charge in [0, 0.05) is 56.0 Å². The highest BCUT2D eigenvalue weighted by Gasteiger charge is 2.17. The normalized spacial score (nSPS) is 15.1. The average molecular weight is 380 g/mol. The van der Waals surface area contributed by atoms with Gasteiger partial charge in [-0.15, -0.1) is 0 Å². The van der Waals surface area contributed by atoms with Crippen LogP contribution in [0.25, 0.3) is 0 Å². The van der Waals surface area contributed by atoms with Gasteiger partial charge < -0.3 is 10.2 Å². The number of halogens is 3. The predicted molar refractivity (Wildman–Crippen MR) is 98.8 cm³/mol. The molecular weight excluding hydrogens is 360 g/mol. The third-order valence-electron chi connectivity index (χ3n) is 4.45. The Balaban J connectivity index is 1.42. The number of rotatable bonds is 5. The molecule has 2 aromatic rings. The second kappa shape index (κ2) is 8.47. The number of hydrogen-bond acceptors (Lipinski definition) is 3. The monoisotopic (exact) mass is 379 g/mol. The molecule has 0 aliphatic carbocycles. The SMILES string of the molecule is O=C(NCCN1CCN(c2ccc(Cl)cc2)CC1)c1ccc(F)cc1F. The van der Waals surface area contributed by atoms with E-state index in [4.69, 9.17) is 11.6 Å². The molecule has 0 aromatic heterocycles. The van der Waals surface area contributed by atoms with Crippen LogP contribution in [-0.4, -0.2) is 50.1 Å². The summed E-state index contributed by atoms with van der Waals surface area (Å²) in [7, 11) is 0. The summed E-state index contributed by atoms with van der Waals surface area (Å²) >= 11 is 5.91. The molecule has 1 fully saturated rings. The molecule has 1 saturated heterocycles. The van der Waals surface area contributed by atoms with Crippen molar-refractivity contribution in [3.8, 4) is 0 Å². The van der Waals surface area contributed by atoms with Crippen LogP contribution in [0.1, 0.15) is 10.4 Å². The zero-order chi connectivity index (χ0) is 18.5. The first-order valence-electron chi connectivity index (χ1n) is 8.49. The number of hydrogen-bond donors (Lipinski definition) is 1. The van der Waals surface area contributed by atoms with Crippen molar-refractivity contribution < 1.29 is 13.6 Å². The molecule has 26 heavy (non-hydrogen) atoms. The lowest BCUT2D eigenvalue weighted by Crippen LogP contribution is -2.48. The van der Waals surface area contributed by atoms with E-state index in [0.29, 0.717) is 19.2 Å². The molecule has 0 bridgehead atoms. The van der Waals surface area contributed by atoms with Crippen molar-refractivity contribution in [1.29, 1.82) is 0 Å². The zero-order valence-electron chi connectivity index (χ0n) is 14.2. The third-order valence-corrected chi connectivity index (χ3v) is 4.71. The van der Waals surface area contributed by atoms with Crippen LogP contribution < -0.4 is 10.2 Å². The largest absolute Gasteiger partial charge is 0.369 e. The Bertz CT molecular complexity index is 762. The molecule has 4 nitrogen and oxygen atoms in total. The van der Waals surface area contributed by atoms with Gasteiger partial charge in [0.1, 0.15) is 11.6 Å². The first-order valence-corrected chi connectivity index (χ1v) is 8.87. The van der Waals surface area contributed by atoms with Gasteiger partial charge >= 0.3 is 0 Å². The Labute approximate surface area is 156 Å². The van der Waals surface area contributed by atoms with Crippen LogP contribution in [0, 0.1) is 11.6 Å². The number of nitrogens with zero attached hydrogens (tertiary/aromatic N) is 2. The van der Waals surface area contributed by atoms with E-state index >= 15 is 0 Å². The van der Waals surface area contributed by atoms with Gasteiger partial charge in [-0.2, -0.15) is 0 Å². The van der Waals surface area contributed by atoms with E-state index in [1.807, 2.05) is 24.3 Å². The molecule has 0 atom stereocenters. The van der Waals surface area contributed by atoms with Crippen molar-refractivity contribution in [2.75, 3.05) is 44.2 Å². The molecule has 0 saturated carbocycles. The van der Waals surface area contributed by atoms with E-state index < -0.39 is 17.5 Å². The number of nitrogens with one attached hydrogen (secondary N) is 1. The second-order valence-electron chi connectivity index (χ2n) is 6.19. The highest BCUT2D eigenvalue weighted by molar-refractivity contribution is 6.30. The van der Waals surface area contributed by atoms with Gasteiger partial charge in [0.25, 0.3) is 5.91 Å². The van der Waals surface area contributed by atoms with Gasteiger partial charge in [-0.3, -0.25) is 9.69 Å². The molecule has 0 unspecified atom stereocenters. The lowest BCUT2D eigenvalue weighted by atomic mass is 10.2. The fourth-order valence-electron chi connectivity index (χ4n) is 2.98. The fraction of sp³-hybridized carbons (Fsp3) is 0.316. The summed E-state index contributed by atoms with van der Waals surface area (Å²) in [6.45, 7) is 4.64. The smallest absolute Gasteiger partial charge is 0.254 e. The van der Waals surface area contributed by atoms with Crippen molar-refractivity contribution in [3.05, 3.63) is 64.7 Å². The number of benzene rings is 2. The van der Waals surface area contributed by atoms with Gasteiger partial charge in [0.05, 0.1) is 5.56 Å². The lowest BCUT2D eigenvalue weighted by molar-refractivity contribution is 0.0943. The summed E-state index contributed by atoms with van der Waals surface area (Å²) < 4.78 is 26.5. The molecule has 1 aliphatic heterocycles. The molecular formula is C19H20ClF2N3O.